The van der Waals surface area contributed by atoms with Gasteiger partial charge in [0.05, 0.1) is 6.54 Å². The van der Waals surface area contributed by atoms with Gasteiger partial charge in [0.2, 0.25) is 11.7 Å². The van der Waals surface area contributed by atoms with Gasteiger partial charge in [-0.25, -0.2) is 0 Å². The standard InChI is InChI=1S/C22H22ClN3O3/c1-14(28-19-11-8-15-4-2-3-5-17(15)12-19)22(27)24-13-20-25-21(26-29-20)16-6-9-18(23)10-7-16/h6-12,14H,2-5,13H2,1H3,(H,24,27)/t14-/m1/s1. The molecule has 1 aliphatic rings. The average molecular weight is 412 g/mol. The van der Waals surface area contributed by atoms with Gasteiger partial charge in [-0.1, -0.05) is 22.8 Å². The van der Waals surface area contributed by atoms with E-state index in [0.29, 0.717) is 16.7 Å². The monoisotopic (exact) mass is 411 g/mol. The van der Waals surface area contributed by atoms with Gasteiger partial charge >= 0.3 is 0 Å². The van der Waals surface area contributed by atoms with Crippen molar-refractivity contribution in [2.45, 2.75) is 45.3 Å². The number of fused-ring (bicyclic) bond motifs is 1. The van der Waals surface area contributed by atoms with Crippen molar-refractivity contribution in [3.05, 3.63) is 64.5 Å². The fourth-order valence-electron chi connectivity index (χ4n) is 3.39. The molecule has 29 heavy (non-hydrogen) atoms. The highest BCUT2D eigenvalue weighted by Crippen LogP contribution is 2.26. The Labute approximate surface area is 174 Å². The van der Waals surface area contributed by atoms with Gasteiger partial charge in [-0.2, -0.15) is 4.98 Å². The molecule has 0 unspecified atom stereocenters. The fourth-order valence-corrected chi connectivity index (χ4v) is 3.52. The lowest BCUT2D eigenvalue weighted by Crippen LogP contribution is -2.36. The van der Waals surface area contributed by atoms with Gasteiger partial charge in [-0.05, 0) is 80.1 Å². The Hall–Kier alpha value is -2.86. The third-order valence-corrected chi connectivity index (χ3v) is 5.24. The number of ether oxygens (including phenoxy) is 1. The van der Waals surface area contributed by atoms with E-state index >= 15 is 0 Å². The molecular weight excluding hydrogens is 390 g/mol. The Morgan fingerprint density at radius 3 is 2.72 bits per heavy atom. The van der Waals surface area contributed by atoms with Crippen molar-refractivity contribution in [2.24, 2.45) is 0 Å². The molecule has 0 saturated heterocycles. The number of nitrogens with one attached hydrogen (secondary N) is 1. The molecule has 1 atom stereocenters. The second-order valence-corrected chi connectivity index (χ2v) is 7.57. The van der Waals surface area contributed by atoms with Crippen LogP contribution in [0.3, 0.4) is 0 Å². The first-order chi connectivity index (χ1) is 14.1. The third-order valence-electron chi connectivity index (χ3n) is 4.99. The van der Waals surface area contributed by atoms with Crippen LogP contribution in [0.2, 0.25) is 5.02 Å². The van der Waals surface area contributed by atoms with Gasteiger partial charge in [0.25, 0.3) is 5.91 Å². The molecule has 3 aromatic rings. The second-order valence-electron chi connectivity index (χ2n) is 7.13. The number of hydrogen-bond acceptors (Lipinski definition) is 5. The van der Waals surface area contributed by atoms with E-state index in [2.05, 4.69) is 27.6 Å². The van der Waals surface area contributed by atoms with Crippen molar-refractivity contribution in [2.75, 3.05) is 0 Å². The van der Waals surface area contributed by atoms with E-state index in [0.717, 1.165) is 24.2 Å². The van der Waals surface area contributed by atoms with Gasteiger partial charge in [-0.3, -0.25) is 4.79 Å². The molecule has 0 fully saturated rings. The van der Waals surface area contributed by atoms with Crippen molar-refractivity contribution in [3.8, 4) is 17.1 Å². The van der Waals surface area contributed by atoms with E-state index in [-0.39, 0.29) is 12.5 Å². The summed E-state index contributed by atoms with van der Waals surface area (Å²) in [6.07, 6.45) is 4.00. The van der Waals surface area contributed by atoms with Crippen LogP contribution in [0.5, 0.6) is 5.75 Å². The molecule has 1 aromatic heterocycles. The molecule has 0 aliphatic heterocycles. The SMILES string of the molecule is C[C@@H](Oc1ccc2c(c1)CCCC2)C(=O)NCc1nc(-c2ccc(Cl)cc2)no1. The van der Waals surface area contributed by atoms with E-state index < -0.39 is 6.10 Å². The number of carbonyl (C=O) groups excluding carboxylic acids is 1. The summed E-state index contributed by atoms with van der Waals surface area (Å²) in [7, 11) is 0. The molecule has 1 N–H and O–H groups in total. The summed E-state index contributed by atoms with van der Waals surface area (Å²) in [6.45, 7) is 1.86. The van der Waals surface area contributed by atoms with Crippen LogP contribution in [-0.4, -0.2) is 22.2 Å². The Morgan fingerprint density at radius 1 is 1.17 bits per heavy atom. The molecule has 0 bridgehead atoms. The van der Waals surface area contributed by atoms with Crippen LogP contribution in [0.25, 0.3) is 11.4 Å². The zero-order chi connectivity index (χ0) is 20.2. The topological polar surface area (TPSA) is 77.2 Å². The Bertz CT molecular complexity index is 1000. The summed E-state index contributed by atoms with van der Waals surface area (Å²) < 4.78 is 11.0. The minimum Gasteiger partial charge on any atom is -0.481 e. The number of nitrogens with zero attached hydrogens (tertiary/aromatic N) is 2. The Balaban J connectivity index is 1.32. The number of carbonyl (C=O) groups is 1. The van der Waals surface area contributed by atoms with Gasteiger partial charge in [0.1, 0.15) is 5.75 Å². The molecule has 6 nitrogen and oxygen atoms in total. The summed E-state index contributed by atoms with van der Waals surface area (Å²) in [6, 6.07) is 13.2. The van der Waals surface area contributed by atoms with Crippen molar-refractivity contribution in [3.63, 3.8) is 0 Å². The lowest BCUT2D eigenvalue weighted by atomic mass is 9.92. The highest BCUT2D eigenvalue weighted by Gasteiger charge is 2.17. The lowest BCUT2D eigenvalue weighted by molar-refractivity contribution is -0.127. The van der Waals surface area contributed by atoms with E-state index in [9.17, 15) is 4.79 Å². The van der Waals surface area contributed by atoms with Crippen molar-refractivity contribution < 1.29 is 14.1 Å². The van der Waals surface area contributed by atoms with Gasteiger partial charge < -0.3 is 14.6 Å². The molecule has 0 saturated carbocycles. The normalized spacial score (nSPS) is 14.1. The van der Waals surface area contributed by atoms with Crippen LogP contribution in [0.15, 0.2) is 47.0 Å². The van der Waals surface area contributed by atoms with Crippen molar-refractivity contribution in [1.82, 2.24) is 15.5 Å². The average Bonchev–Trinajstić information content (AvgIpc) is 3.21. The number of amides is 1. The first-order valence-electron chi connectivity index (χ1n) is 9.73. The van der Waals surface area contributed by atoms with Gasteiger partial charge in [0, 0.05) is 10.6 Å². The summed E-state index contributed by atoms with van der Waals surface area (Å²) in [5.74, 6) is 1.25. The van der Waals surface area contributed by atoms with Crippen molar-refractivity contribution in [1.29, 1.82) is 0 Å². The molecule has 0 radical (unpaired) electrons. The number of aryl methyl sites for hydroxylation is 2. The predicted octanol–water partition coefficient (Wildman–Crippen LogP) is 4.35. The van der Waals surface area contributed by atoms with Crippen LogP contribution in [0, 0.1) is 0 Å². The maximum atomic E-state index is 12.4. The van der Waals surface area contributed by atoms with Crippen LogP contribution >= 0.6 is 11.6 Å². The van der Waals surface area contributed by atoms with Gasteiger partial charge in [-0.15, -0.1) is 0 Å². The van der Waals surface area contributed by atoms with Crippen molar-refractivity contribution >= 4 is 17.5 Å². The second kappa shape index (κ2) is 8.66. The van der Waals surface area contributed by atoms with E-state index in [1.165, 1.54) is 24.0 Å². The molecule has 1 heterocycles. The van der Waals surface area contributed by atoms with Gasteiger partial charge in [0.15, 0.2) is 6.10 Å². The van der Waals surface area contributed by atoms with Crippen LogP contribution < -0.4 is 10.1 Å². The maximum absolute atomic E-state index is 12.4. The summed E-state index contributed by atoms with van der Waals surface area (Å²) in [5.41, 5.74) is 3.50. The number of hydrogen-bond donors (Lipinski definition) is 1. The highest BCUT2D eigenvalue weighted by atomic mass is 35.5. The summed E-state index contributed by atoms with van der Waals surface area (Å²) in [5, 5.41) is 7.35. The smallest absolute Gasteiger partial charge is 0.261 e. The molecule has 2 aromatic carbocycles. The zero-order valence-corrected chi connectivity index (χ0v) is 16.9. The van der Waals surface area contributed by atoms with Crippen LogP contribution in [0.4, 0.5) is 0 Å². The largest absolute Gasteiger partial charge is 0.481 e. The molecule has 1 aliphatic carbocycles. The quantitative estimate of drug-likeness (QED) is 0.652. The summed E-state index contributed by atoms with van der Waals surface area (Å²) >= 11 is 5.89. The Morgan fingerprint density at radius 2 is 1.93 bits per heavy atom. The van der Waals surface area contributed by atoms with Crippen LogP contribution in [-0.2, 0) is 24.2 Å². The molecular formula is C22H22ClN3O3. The zero-order valence-electron chi connectivity index (χ0n) is 16.2. The first-order valence-corrected chi connectivity index (χ1v) is 10.1. The Kier molecular flexibility index (Phi) is 5.81. The minimum absolute atomic E-state index is 0.136. The van der Waals surface area contributed by atoms with E-state index in [4.69, 9.17) is 20.9 Å². The van der Waals surface area contributed by atoms with E-state index in [1.807, 2.05) is 18.2 Å². The number of halogens is 1. The van der Waals surface area contributed by atoms with E-state index in [1.54, 1.807) is 19.1 Å². The molecule has 4 rings (SSSR count). The number of benzene rings is 2. The van der Waals surface area contributed by atoms with Crippen LogP contribution in [0.1, 0.15) is 36.8 Å². The molecule has 1 amide bonds. The minimum atomic E-state index is -0.629. The molecule has 7 heteroatoms. The predicted molar refractivity (Wildman–Crippen MR) is 110 cm³/mol. The summed E-state index contributed by atoms with van der Waals surface area (Å²) in [4.78, 5) is 16.7. The number of aromatic nitrogens is 2. The maximum Gasteiger partial charge on any atom is 0.261 e. The number of rotatable bonds is 6. The third kappa shape index (κ3) is 4.77. The first kappa shape index (κ1) is 19.5. The molecule has 0 spiro atoms. The fraction of sp³-hybridized carbons (Fsp3) is 0.318. The molecule has 150 valence electrons. The lowest BCUT2D eigenvalue weighted by Gasteiger charge is -2.19. The highest BCUT2D eigenvalue weighted by molar-refractivity contribution is 6.30.